The van der Waals surface area contributed by atoms with Gasteiger partial charge in [-0.1, -0.05) is 24.3 Å². The molecule has 130 valence electrons. The second kappa shape index (κ2) is 7.70. The summed E-state index contributed by atoms with van der Waals surface area (Å²) in [5.74, 6) is -0.218. The van der Waals surface area contributed by atoms with Gasteiger partial charge < -0.3 is 21.3 Å². The van der Waals surface area contributed by atoms with Gasteiger partial charge in [0.15, 0.2) is 0 Å². The minimum atomic E-state index is -0.218. The van der Waals surface area contributed by atoms with Gasteiger partial charge in [-0.15, -0.1) is 0 Å². The molecule has 0 radical (unpaired) electrons. The quantitative estimate of drug-likeness (QED) is 0.749. The Morgan fingerprint density at radius 1 is 1.04 bits per heavy atom. The van der Waals surface area contributed by atoms with Crippen molar-refractivity contribution in [2.75, 3.05) is 24.1 Å². The largest absolute Gasteiger partial charge is 0.398 e. The number of hydrogen-bond donors (Lipinski definition) is 3. The van der Waals surface area contributed by atoms with Gasteiger partial charge >= 0.3 is 6.03 Å². The van der Waals surface area contributed by atoms with Crippen molar-refractivity contribution in [3.05, 3.63) is 59.7 Å². The van der Waals surface area contributed by atoms with E-state index in [9.17, 15) is 9.59 Å². The van der Waals surface area contributed by atoms with Crippen LogP contribution < -0.4 is 16.4 Å². The van der Waals surface area contributed by atoms with Crippen molar-refractivity contribution < 1.29 is 9.59 Å². The van der Waals surface area contributed by atoms with Crippen molar-refractivity contribution in [1.29, 1.82) is 0 Å². The molecule has 0 spiro atoms. The summed E-state index contributed by atoms with van der Waals surface area (Å²) in [5, 5.41) is 5.76. The molecule has 6 nitrogen and oxygen atoms in total. The number of benzene rings is 2. The van der Waals surface area contributed by atoms with Crippen LogP contribution in [0.3, 0.4) is 0 Å². The number of carbonyl (C=O) groups is 2. The standard InChI is InChI=1S/C19H22N4O2/c20-17-9-2-1-8-16(17)18(24)21-13-14-6-5-7-15(12-14)22-19(25)23-10-3-4-11-23/h1-2,5-9,12H,3-4,10-11,13,20H2,(H,21,24)(H,22,25). The fraction of sp³-hybridized carbons (Fsp3) is 0.263. The van der Waals surface area contributed by atoms with Gasteiger partial charge in [0.25, 0.3) is 5.91 Å². The highest BCUT2D eigenvalue weighted by molar-refractivity contribution is 5.99. The normalized spacial score (nSPS) is 13.5. The molecule has 2 aromatic carbocycles. The lowest BCUT2D eigenvalue weighted by Gasteiger charge is -2.16. The number of nitrogens with one attached hydrogen (secondary N) is 2. The van der Waals surface area contributed by atoms with Crippen LogP contribution in [0.4, 0.5) is 16.2 Å². The summed E-state index contributed by atoms with van der Waals surface area (Å²) < 4.78 is 0. The summed E-state index contributed by atoms with van der Waals surface area (Å²) in [4.78, 5) is 26.2. The van der Waals surface area contributed by atoms with Crippen LogP contribution >= 0.6 is 0 Å². The van der Waals surface area contributed by atoms with Gasteiger partial charge in [-0.05, 0) is 42.7 Å². The number of nitrogen functional groups attached to an aromatic ring is 1. The molecule has 3 amide bonds. The van der Waals surface area contributed by atoms with Gasteiger partial charge in [0, 0.05) is 31.0 Å². The predicted molar refractivity (Wildman–Crippen MR) is 98.3 cm³/mol. The lowest BCUT2D eigenvalue weighted by molar-refractivity contribution is 0.0951. The first-order valence-corrected chi connectivity index (χ1v) is 8.41. The van der Waals surface area contributed by atoms with E-state index in [1.165, 1.54) is 0 Å². The number of rotatable bonds is 4. The molecule has 4 N–H and O–H groups in total. The van der Waals surface area contributed by atoms with Crippen LogP contribution in [-0.2, 0) is 6.54 Å². The van der Waals surface area contributed by atoms with Gasteiger partial charge in [0.2, 0.25) is 0 Å². The van der Waals surface area contributed by atoms with Crippen LogP contribution in [0, 0.1) is 0 Å². The van der Waals surface area contributed by atoms with Crippen LogP contribution in [0.5, 0.6) is 0 Å². The van der Waals surface area contributed by atoms with Gasteiger partial charge in [0.05, 0.1) is 5.56 Å². The average molecular weight is 338 g/mol. The summed E-state index contributed by atoms with van der Waals surface area (Å²) in [7, 11) is 0. The van der Waals surface area contributed by atoms with Gasteiger partial charge in [-0.2, -0.15) is 0 Å². The molecule has 0 aliphatic carbocycles. The number of anilines is 2. The Morgan fingerprint density at radius 2 is 1.80 bits per heavy atom. The molecule has 25 heavy (non-hydrogen) atoms. The third-order valence-corrected chi connectivity index (χ3v) is 4.23. The van der Waals surface area contributed by atoms with E-state index in [1.807, 2.05) is 29.2 Å². The zero-order chi connectivity index (χ0) is 17.6. The minimum absolute atomic E-state index is 0.0734. The Labute approximate surface area is 147 Å². The highest BCUT2D eigenvalue weighted by Gasteiger charge is 2.17. The number of nitrogens with zero attached hydrogens (tertiary/aromatic N) is 1. The van der Waals surface area contributed by atoms with Crippen molar-refractivity contribution in [3.8, 4) is 0 Å². The molecular weight excluding hydrogens is 316 g/mol. The molecule has 1 aliphatic heterocycles. The van der Waals surface area contributed by atoms with Crippen molar-refractivity contribution in [2.45, 2.75) is 19.4 Å². The highest BCUT2D eigenvalue weighted by Crippen LogP contribution is 2.15. The Morgan fingerprint density at radius 3 is 2.56 bits per heavy atom. The molecule has 0 bridgehead atoms. The van der Waals surface area contributed by atoms with E-state index < -0.39 is 0 Å². The number of carbonyl (C=O) groups excluding carboxylic acids is 2. The number of hydrogen-bond acceptors (Lipinski definition) is 3. The van der Waals surface area contributed by atoms with E-state index >= 15 is 0 Å². The molecule has 1 aliphatic rings. The molecule has 0 aromatic heterocycles. The van der Waals surface area contributed by atoms with E-state index in [0.29, 0.717) is 17.8 Å². The Hall–Kier alpha value is -3.02. The smallest absolute Gasteiger partial charge is 0.321 e. The summed E-state index contributed by atoms with van der Waals surface area (Å²) in [6, 6.07) is 14.4. The van der Waals surface area contributed by atoms with Crippen LogP contribution in [0.15, 0.2) is 48.5 Å². The summed E-state index contributed by atoms with van der Waals surface area (Å²) in [5.41, 5.74) is 8.36. The maximum Gasteiger partial charge on any atom is 0.321 e. The van der Waals surface area contributed by atoms with Crippen LogP contribution in [0.1, 0.15) is 28.8 Å². The molecule has 1 fully saturated rings. The topological polar surface area (TPSA) is 87.5 Å². The first kappa shape index (κ1) is 16.8. The number of nitrogens with two attached hydrogens (primary N) is 1. The zero-order valence-electron chi connectivity index (χ0n) is 14.0. The third kappa shape index (κ3) is 4.29. The molecular formula is C19H22N4O2. The monoisotopic (exact) mass is 338 g/mol. The SMILES string of the molecule is Nc1ccccc1C(=O)NCc1cccc(NC(=O)N2CCCC2)c1. The fourth-order valence-corrected chi connectivity index (χ4v) is 2.86. The van der Waals surface area contributed by atoms with Crippen molar-refractivity contribution in [1.82, 2.24) is 10.2 Å². The molecule has 2 aromatic rings. The summed E-state index contributed by atoms with van der Waals surface area (Å²) >= 11 is 0. The number of para-hydroxylation sites is 1. The Kier molecular flexibility index (Phi) is 5.18. The molecule has 1 saturated heterocycles. The second-order valence-electron chi connectivity index (χ2n) is 6.09. The summed E-state index contributed by atoms with van der Waals surface area (Å²) in [6.45, 7) is 1.97. The molecule has 3 rings (SSSR count). The molecule has 0 saturated carbocycles. The third-order valence-electron chi connectivity index (χ3n) is 4.23. The van der Waals surface area contributed by atoms with Gasteiger partial charge in [0.1, 0.15) is 0 Å². The number of amides is 3. The van der Waals surface area contributed by atoms with Crippen LogP contribution in [-0.4, -0.2) is 29.9 Å². The zero-order valence-corrected chi connectivity index (χ0v) is 14.0. The Balaban J connectivity index is 1.59. The van der Waals surface area contributed by atoms with Gasteiger partial charge in [-0.3, -0.25) is 4.79 Å². The van der Waals surface area contributed by atoms with E-state index in [-0.39, 0.29) is 11.9 Å². The molecule has 1 heterocycles. The van der Waals surface area contributed by atoms with E-state index in [1.54, 1.807) is 24.3 Å². The maximum atomic E-state index is 12.2. The van der Waals surface area contributed by atoms with E-state index in [0.717, 1.165) is 37.2 Å². The molecule has 0 atom stereocenters. The van der Waals surface area contributed by atoms with Crippen molar-refractivity contribution in [2.24, 2.45) is 0 Å². The average Bonchev–Trinajstić information content (AvgIpc) is 3.15. The lowest BCUT2D eigenvalue weighted by Crippen LogP contribution is -2.32. The Bertz CT molecular complexity index is 770. The maximum absolute atomic E-state index is 12.2. The summed E-state index contributed by atoms with van der Waals surface area (Å²) in [6.07, 6.45) is 2.12. The fourth-order valence-electron chi connectivity index (χ4n) is 2.86. The highest BCUT2D eigenvalue weighted by atomic mass is 16.2. The van der Waals surface area contributed by atoms with Crippen LogP contribution in [0.2, 0.25) is 0 Å². The molecule has 0 unspecified atom stereocenters. The first-order valence-electron chi connectivity index (χ1n) is 8.41. The lowest BCUT2D eigenvalue weighted by atomic mass is 10.1. The van der Waals surface area contributed by atoms with Crippen LogP contribution in [0.25, 0.3) is 0 Å². The second-order valence-corrected chi connectivity index (χ2v) is 6.09. The molecule has 6 heteroatoms. The predicted octanol–water partition coefficient (Wildman–Crippen LogP) is 2.83. The first-order chi connectivity index (χ1) is 12.1. The van der Waals surface area contributed by atoms with E-state index in [4.69, 9.17) is 5.73 Å². The van der Waals surface area contributed by atoms with Crippen molar-refractivity contribution >= 4 is 23.3 Å². The van der Waals surface area contributed by atoms with Gasteiger partial charge in [-0.25, -0.2) is 4.79 Å². The number of likely N-dealkylation sites (tertiary alicyclic amines) is 1. The van der Waals surface area contributed by atoms with E-state index in [2.05, 4.69) is 10.6 Å². The number of urea groups is 1. The minimum Gasteiger partial charge on any atom is -0.398 e. The van der Waals surface area contributed by atoms with Crippen molar-refractivity contribution in [3.63, 3.8) is 0 Å².